The summed E-state index contributed by atoms with van der Waals surface area (Å²) in [6.45, 7) is 4.30. The number of benzene rings is 1. The van der Waals surface area contributed by atoms with Gasteiger partial charge in [0.15, 0.2) is 0 Å². The third-order valence-corrected chi connectivity index (χ3v) is 2.90. The Morgan fingerprint density at radius 2 is 2.14 bits per heavy atom. The van der Waals surface area contributed by atoms with Gasteiger partial charge < -0.3 is 10.1 Å². The van der Waals surface area contributed by atoms with Crippen molar-refractivity contribution in [3.8, 4) is 5.75 Å². The van der Waals surface area contributed by atoms with Crippen molar-refractivity contribution in [1.82, 2.24) is 5.32 Å². The van der Waals surface area contributed by atoms with E-state index in [1.54, 1.807) is 7.11 Å². The second-order valence-corrected chi connectivity index (χ2v) is 4.09. The zero-order valence-electron chi connectivity index (χ0n) is 9.00. The third-order valence-electron chi connectivity index (χ3n) is 2.90. The summed E-state index contributed by atoms with van der Waals surface area (Å²) in [7, 11) is 1.71. The molecule has 0 amide bonds. The Morgan fingerprint density at radius 3 is 2.64 bits per heavy atom. The molecule has 0 aliphatic carbocycles. The summed E-state index contributed by atoms with van der Waals surface area (Å²) in [5, 5.41) is 3.48. The van der Waals surface area contributed by atoms with Crippen LogP contribution in [0.5, 0.6) is 5.75 Å². The fourth-order valence-corrected chi connectivity index (χ4v) is 2.02. The number of ether oxygens (including phenoxy) is 1. The first-order valence-electron chi connectivity index (χ1n) is 5.11. The highest BCUT2D eigenvalue weighted by Crippen LogP contribution is 2.30. The van der Waals surface area contributed by atoms with Gasteiger partial charge in [0.1, 0.15) is 5.75 Å². The van der Waals surface area contributed by atoms with Gasteiger partial charge in [0, 0.05) is 12.1 Å². The monoisotopic (exact) mass is 191 g/mol. The summed E-state index contributed by atoms with van der Waals surface area (Å²) in [6, 6.07) is 7.63. The van der Waals surface area contributed by atoms with Crippen LogP contribution in [-0.2, 0) is 0 Å². The van der Waals surface area contributed by atoms with Crippen LogP contribution in [0.25, 0.3) is 0 Å². The molecule has 1 fully saturated rings. The van der Waals surface area contributed by atoms with Crippen molar-refractivity contribution in [2.75, 3.05) is 7.11 Å². The number of nitrogens with one attached hydrogen (secondary N) is 1. The molecule has 0 spiro atoms. The van der Waals surface area contributed by atoms with Crippen LogP contribution in [0.2, 0.25) is 0 Å². The van der Waals surface area contributed by atoms with Gasteiger partial charge in [-0.2, -0.15) is 0 Å². The van der Waals surface area contributed by atoms with Crippen molar-refractivity contribution in [1.29, 1.82) is 0 Å². The Labute approximate surface area is 85.3 Å². The van der Waals surface area contributed by atoms with Crippen LogP contribution < -0.4 is 10.1 Å². The second-order valence-electron chi connectivity index (χ2n) is 4.09. The zero-order chi connectivity index (χ0) is 10.1. The largest absolute Gasteiger partial charge is 0.496 e. The molecule has 0 aromatic heterocycles. The number of aryl methyl sites for hydroxylation is 1. The third kappa shape index (κ3) is 1.62. The second kappa shape index (κ2) is 3.62. The van der Waals surface area contributed by atoms with E-state index >= 15 is 0 Å². The predicted molar refractivity (Wildman–Crippen MR) is 57.7 cm³/mol. The van der Waals surface area contributed by atoms with Gasteiger partial charge in [0.25, 0.3) is 0 Å². The van der Waals surface area contributed by atoms with E-state index in [4.69, 9.17) is 4.74 Å². The number of hydrogen-bond donors (Lipinski definition) is 1. The van der Waals surface area contributed by atoms with Gasteiger partial charge in [-0.25, -0.2) is 0 Å². The van der Waals surface area contributed by atoms with Crippen LogP contribution in [0.4, 0.5) is 0 Å². The molecular weight excluding hydrogens is 174 g/mol. The molecule has 1 aromatic rings. The number of hydrogen-bond acceptors (Lipinski definition) is 2. The van der Waals surface area contributed by atoms with Crippen LogP contribution >= 0.6 is 0 Å². The molecule has 14 heavy (non-hydrogen) atoms. The molecule has 1 aliphatic heterocycles. The van der Waals surface area contributed by atoms with Crippen molar-refractivity contribution in [3.63, 3.8) is 0 Å². The molecule has 0 radical (unpaired) electrons. The molecule has 2 unspecified atom stereocenters. The Morgan fingerprint density at radius 1 is 1.43 bits per heavy atom. The highest BCUT2D eigenvalue weighted by Gasteiger charge is 2.25. The lowest BCUT2D eigenvalue weighted by atomic mass is 9.91. The molecule has 76 valence electrons. The van der Waals surface area contributed by atoms with E-state index in [1.165, 1.54) is 17.5 Å². The molecule has 1 aliphatic rings. The van der Waals surface area contributed by atoms with Gasteiger partial charge in [-0.15, -0.1) is 0 Å². The van der Waals surface area contributed by atoms with Crippen LogP contribution in [0, 0.1) is 6.92 Å². The minimum atomic E-state index is 0.551. The Balaban J connectivity index is 2.16. The summed E-state index contributed by atoms with van der Waals surface area (Å²) < 4.78 is 5.23. The molecule has 0 saturated carbocycles. The first-order chi connectivity index (χ1) is 6.70. The van der Waals surface area contributed by atoms with Crippen molar-refractivity contribution < 1.29 is 4.74 Å². The lowest BCUT2D eigenvalue weighted by molar-refractivity contribution is 0.287. The molecule has 2 atom stereocenters. The lowest BCUT2D eigenvalue weighted by Crippen LogP contribution is -2.43. The van der Waals surface area contributed by atoms with Crippen molar-refractivity contribution in [2.24, 2.45) is 0 Å². The first-order valence-corrected chi connectivity index (χ1v) is 5.11. The fraction of sp³-hybridized carbons (Fsp3) is 0.500. The van der Waals surface area contributed by atoms with Crippen LogP contribution in [0.15, 0.2) is 18.2 Å². The summed E-state index contributed by atoms with van der Waals surface area (Å²) >= 11 is 0. The normalized spacial score (nSPS) is 25.6. The van der Waals surface area contributed by atoms with E-state index < -0.39 is 0 Å². The average Bonchev–Trinajstić information content (AvgIpc) is 2.13. The molecule has 2 heteroatoms. The topological polar surface area (TPSA) is 21.3 Å². The molecular formula is C12H17NO. The quantitative estimate of drug-likeness (QED) is 0.775. The standard InChI is InChI=1S/C12H17NO/c1-8-6-10(4-5-12(8)14-3)11-7-9(2)13-11/h4-6,9,11,13H,7H2,1-3H3. The smallest absolute Gasteiger partial charge is 0.121 e. The van der Waals surface area contributed by atoms with Crippen molar-refractivity contribution >= 4 is 0 Å². The van der Waals surface area contributed by atoms with E-state index in [-0.39, 0.29) is 0 Å². The molecule has 1 saturated heterocycles. The Hall–Kier alpha value is -1.02. The van der Waals surface area contributed by atoms with Gasteiger partial charge in [-0.05, 0) is 37.5 Å². The maximum atomic E-state index is 5.23. The van der Waals surface area contributed by atoms with E-state index in [2.05, 4.69) is 37.4 Å². The maximum Gasteiger partial charge on any atom is 0.121 e. The summed E-state index contributed by atoms with van der Waals surface area (Å²) in [6.07, 6.45) is 1.24. The summed E-state index contributed by atoms with van der Waals surface area (Å²) in [5.41, 5.74) is 2.59. The van der Waals surface area contributed by atoms with Gasteiger partial charge in [-0.1, -0.05) is 12.1 Å². The zero-order valence-corrected chi connectivity index (χ0v) is 9.00. The van der Waals surface area contributed by atoms with Gasteiger partial charge in [0.2, 0.25) is 0 Å². The predicted octanol–water partition coefficient (Wildman–Crippen LogP) is 2.43. The van der Waals surface area contributed by atoms with E-state index in [1.807, 2.05) is 0 Å². The highest BCUT2D eigenvalue weighted by atomic mass is 16.5. The highest BCUT2D eigenvalue weighted by molar-refractivity contribution is 5.38. The fourth-order valence-electron chi connectivity index (χ4n) is 2.02. The van der Waals surface area contributed by atoms with Gasteiger partial charge >= 0.3 is 0 Å². The van der Waals surface area contributed by atoms with Crippen molar-refractivity contribution in [3.05, 3.63) is 29.3 Å². The first kappa shape index (κ1) is 9.53. The Bertz CT molecular complexity index is 329. The lowest BCUT2D eigenvalue weighted by Gasteiger charge is -2.35. The Kier molecular flexibility index (Phi) is 2.46. The van der Waals surface area contributed by atoms with E-state index in [0.717, 1.165) is 5.75 Å². The summed E-state index contributed by atoms with van der Waals surface area (Å²) in [5.74, 6) is 0.973. The van der Waals surface area contributed by atoms with E-state index in [9.17, 15) is 0 Å². The minimum absolute atomic E-state index is 0.551. The SMILES string of the molecule is COc1ccc(C2CC(C)N2)cc1C. The van der Waals surface area contributed by atoms with Crippen LogP contribution in [0.3, 0.4) is 0 Å². The van der Waals surface area contributed by atoms with Crippen LogP contribution in [-0.4, -0.2) is 13.2 Å². The van der Waals surface area contributed by atoms with Crippen molar-refractivity contribution in [2.45, 2.75) is 32.4 Å². The van der Waals surface area contributed by atoms with Gasteiger partial charge in [0.05, 0.1) is 7.11 Å². The minimum Gasteiger partial charge on any atom is -0.496 e. The molecule has 2 rings (SSSR count). The molecule has 1 heterocycles. The molecule has 2 nitrogen and oxygen atoms in total. The molecule has 1 aromatic carbocycles. The molecule has 0 bridgehead atoms. The number of rotatable bonds is 2. The van der Waals surface area contributed by atoms with E-state index in [0.29, 0.717) is 12.1 Å². The molecule has 1 N–H and O–H groups in total. The summed E-state index contributed by atoms with van der Waals surface area (Å²) in [4.78, 5) is 0. The average molecular weight is 191 g/mol. The maximum absolute atomic E-state index is 5.23. The van der Waals surface area contributed by atoms with Crippen LogP contribution in [0.1, 0.15) is 30.5 Å². The number of methoxy groups -OCH3 is 1. The van der Waals surface area contributed by atoms with Gasteiger partial charge in [-0.3, -0.25) is 0 Å².